The van der Waals surface area contributed by atoms with Crippen LogP contribution in [0.1, 0.15) is 213 Å². The van der Waals surface area contributed by atoms with Crippen LogP contribution in [0.3, 0.4) is 0 Å². The molecule has 0 amide bonds. The van der Waals surface area contributed by atoms with E-state index in [0.29, 0.717) is 19.3 Å². The Kier molecular flexibility index (Phi) is 41.5. The monoisotopic (exact) mass is 769 g/mol. The molecule has 0 N–H and O–H groups in total. The fourth-order valence-electron chi connectivity index (χ4n) is 6.08. The summed E-state index contributed by atoms with van der Waals surface area (Å²) in [7, 11) is 0. The van der Waals surface area contributed by atoms with Gasteiger partial charge in [-0.15, -0.1) is 0 Å². The lowest BCUT2D eigenvalue weighted by Crippen LogP contribution is -2.30. The van der Waals surface area contributed by atoms with E-state index in [9.17, 15) is 14.4 Å². The van der Waals surface area contributed by atoms with Gasteiger partial charge in [0, 0.05) is 19.3 Å². The smallest absolute Gasteiger partial charge is 0.306 e. The topological polar surface area (TPSA) is 78.9 Å². The molecule has 0 fully saturated rings. The molecule has 0 heterocycles. The molecule has 6 heteroatoms. The minimum atomic E-state index is -0.789. The second kappa shape index (κ2) is 43.8. The summed E-state index contributed by atoms with van der Waals surface area (Å²) < 4.78 is 16.7. The van der Waals surface area contributed by atoms with Crippen molar-refractivity contribution in [1.82, 2.24) is 0 Å². The molecule has 0 saturated heterocycles. The molecule has 0 saturated carbocycles. The predicted octanol–water partition coefficient (Wildman–Crippen LogP) is 14.5. The van der Waals surface area contributed by atoms with E-state index in [-0.39, 0.29) is 31.1 Å². The van der Waals surface area contributed by atoms with Gasteiger partial charge in [0.15, 0.2) is 6.10 Å². The van der Waals surface area contributed by atoms with Crippen molar-refractivity contribution in [2.24, 2.45) is 0 Å². The van der Waals surface area contributed by atoms with Crippen LogP contribution in [-0.2, 0) is 28.6 Å². The highest BCUT2D eigenvalue weighted by molar-refractivity contribution is 5.71. The molecule has 55 heavy (non-hydrogen) atoms. The molecular weight excluding hydrogens is 685 g/mol. The van der Waals surface area contributed by atoms with Crippen LogP contribution >= 0.6 is 0 Å². The molecule has 0 radical (unpaired) electrons. The summed E-state index contributed by atoms with van der Waals surface area (Å²) in [6.45, 7) is 6.40. The zero-order valence-electron chi connectivity index (χ0n) is 35.9. The second-order valence-corrected chi connectivity index (χ2v) is 14.9. The average Bonchev–Trinajstić information content (AvgIpc) is 3.18. The number of hydrogen-bond donors (Lipinski definition) is 0. The van der Waals surface area contributed by atoms with Gasteiger partial charge >= 0.3 is 17.9 Å². The number of rotatable bonds is 40. The predicted molar refractivity (Wildman–Crippen MR) is 233 cm³/mol. The summed E-state index contributed by atoms with van der Waals surface area (Å²) in [5.74, 6) is -0.947. The molecule has 1 atom stereocenters. The van der Waals surface area contributed by atoms with Crippen molar-refractivity contribution in [3.8, 4) is 0 Å². The van der Waals surface area contributed by atoms with Crippen molar-refractivity contribution >= 4 is 17.9 Å². The summed E-state index contributed by atoms with van der Waals surface area (Å²) >= 11 is 0. The lowest BCUT2D eigenvalue weighted by molar-refractivity contribution is -0.167. The second-order valence-electron chi connectivity index (χ2n) is 14.9. The molecule has 0 aromatic rings. The van der Waals surface area contributed by atoms with Gasteiger partial charge in [0.05, 0.1) is 0 Å². The molecular formula is C49H84O6. The zero-order chi connectivity index (χ0) is 40.1. The highest BCUT2D eigenvalue weighted by Crippen LogP contribution is 2.14. The maximum atomic E-state index is 12.7. The number of hydrogen-bond acceptors (Lipinski definition) is 6. The van der Waals surface area contributed by atoms with Gasteiger partial charge in [-0.1, -0.05) is 178 Å². The van der Waals surface area contributed by atoms with Crippen LogP contribution in [0, 0.1) is 0 Å². The van der Waals surface area contributed by atoms with Crippen LogP contribution in [-0.4, -0.2) is 37.2 Å². The molecule has 0 spiro atoms. The maximum Gasteiger partial charge on any atom is 0.306 e. The van der Waals surface area contributed by atoms with E-state index in [0.717, 1.165) is 96.3 Å². The molecule has 0 rings (SSSR count). The Bertz CT molecular complexity index is 1020. The number of esters is 3. The van der Waals surface area contributed by atoms with E-state index in [1.165, 1.54) is 77.0 Å². The van der Waals surface area contributed by atoms with Crippen LogP contribution in [0.4, 0.5) is 0 Å². The fraction of sp³-hybridized carbons (Fsp3) is 0.735. The van der Waals surface area contributed by atoms with Crippen molar-refractivity contribution < 1.29 is 28.6 Å². The molecule has 0 aliphatic rings. The van der Waals surface area contributed by atoms with Crippen molar-refractivity contribution in [3.63, 3.8) is 0 Å². The molecule has 6 nitrogen and oxygen atoms in total. The first kappa shape index (κ1) is 52.1. The summed E-state index contributed by atoms with van der Waals surface area (Å²) in [6.07, 6.45) is 52.0. The highest BCUT2D eigenvalue weighted by atomic mass is 16.6. The van der Waals surface area contributed by atoms with E-state index in [1.54, 1.807) is 0 Å². The van der Waals surface area contributed by atoms with Gasteiger partial charge in [0.2, 0.25) is 0 Å². The van der Waals surface area contributed by atoms with E-state index in [4.69, 9.17) is 14.2 Å². The first-order chi connectivity index (χ1) is 27.0. The Labute approximate surface area is 339 Å². The van der Waals surface area contributed by atoms with Gasteiger partial charge < -0.3 is 14.2 Å². The number of ether oxygens (including phenoxy) is 3. The van der Waals surface area contributed by atoms with E-state index in [2.05, 4.69) is 81.5 Å². The zero-order valence-corrected chi connectivity index (χ0v) is 35.9. The maximum absolute atomic E-state index is 12.7. The van der Waals surface area contributed by atoms with Crippen molar-refractivity contribution in [1.29, 1.82) is 0 Å². The summed E-state index contributed by atoms with van der Waals surface area (Å²) in [5, 5.41) is 0. The van der Waals surface area contributed by atoms with Crippen LogP contribution in [0.15, 0.2) is 60.8 Å². The quantitative estimate of drug-likeness (QED) is 0.0267. The Balaban J connectivity index is 4.44. The summed E-state index contributed by atoms with van der Waals surface area (Å²) in [5.41, 5.74) is 0. The normalized spacial score (nSPS) is 12.6. The van der Waals surface area contributed by atoms with Crippen LogP contribution < -0.4 is 0 Å². The first-order valence-corrected chi connectivity index (χ1v) is 22.8. The van der Waals surface area contributed by atoms with E-state index >= 15 is 0 Å². The number of allylic oxidation sites excluding steroid dienone is 10. The highest BCUT2D eigenvalue weighted by Gasteiger charge is 2.19. The van der Waals surface area contributed by atoms with Gasteiger partial charge in [-0.2, -0.15) is 0 Å². The van der Waals surface area contributed by atoms with Crippen molar-refractivity contribution in [2.45, 2.75) is 219 Å². The van der Waals surface area contributed by atoms with Gasteiger partial charge in [-0.25, -0.2) is 0 Å². The van der Waals surface area contributed by atoms with Crippen molar-refractivity contribution in [3.05, 3.63) is 60.8 Å². The van der Waals surface area contributed by atoms with Gasteiger partial charge in [0.25, 0.3) is 0 Å². The largest absolute Gasteiger partial charge is 0.462 e. The standard InChI is InChI=1S/C49H84O6/c1-4-7-10-13-16-19-22-24-25-26-28-30-33-36-39-42-48(51)54-45-46(44-53-47(50)41-38-35-32-29-21-18-15-12-9-6-3)55-49(52)43-40-37-34-31-27-23-20-17-14-11-8-5-2/h7,10,12,15-16,19,24-25,28,30,46H,4-6,8-9,11,13-14,17-18,20-23,26-27,29,31-45H2,1-3H3/b10-7-,15-12-,19-16-,25-24-,30-28-. The molecule has 316 valence electrons. The Morgan fingerprint density at radius 2 is 0.745 bits per heavy atom. The Hall–Kier alpha value is -2.89. The molecule has 0 aromatic heterocycles. The third-order valence-corrected chi connectivity index (χ3v) is 9.49. The number of carbonyl (C=O) groups excluding carboxylic acids is 3. The lowest BCUT2D eigenvalue weighted by atomic mass is 10.0. The molecule has 0 aliphatic heterocycles. The third-order valence-electron chi connectivity index (χ3n) is 9.49. The number of carbonyl (C=O) groups is 3. The lowest BCUT2D eigenvalue weighted by Gasteiger charge is -2.18. The van der Waals surface area contributed by atoms with Gasteiger partial charge in [-0.05, 0) is 77.0 Å². The van der Waals surface area contributed by atoms with Crippen LogP contribution in [0.5, 0.6) is 0 Å². The SMILES string of the molecule is CC/C=C\C/C=C\C/C=C\C/C=C\CCCCC(=O)OCC(COC(=O)CCCCCCC/C=C\CCC)OC(=O)CCCCCCCCCCCCCC. The molecule has 0 aromatic carbocycles. The summed E-state index contributed by atoms with van der Waals surface area (Å²) in [6, 6.07) is 0. The minimum Gasteiger partial charge on any atom is -0.462 e. The molecule has 1 unspecified atom stereocenters. The number of unbranched alkanes of at least 4 members (excludes halogenated alkanes) is 19. The Morgan fingerprint density at radius 3 is 1.24 bits per heavy atom. The molecule has 0 bridgehead atoms. The van der Waals surface area contributed by atoms with Gasteiger partial charge in [0.1, 0.15) is 13.2 Å². The van der Waals surface area contributed by atoms with Gasteiger partial charge in [-0.3, -0.25) is 14.4 Å². The van der Waals surface area contributed by atoms with E-state index < -0.39 is 6.10 Å². The average molecular weight is 769 g/mol. The van der Waals surface area contributed by atoms with Crippen LogP contribution in [0.25, 0.3) is 0 Å². The van der Waals surface area contributed by atoms with E-state index in [1.807, 2.05) is 0 Å². The Morgan fingerprint density at radius 1 is 0.382 bits per heavy atom. The third kappa shape index (κ3) is 42.1. The first-order valence-electron chi connectivity index (χ1n) is 22.8. The minimum absolute atomic E-state index is 0.0910. The summed E-state index contributed by atoms with van der Waals surface area (Å²) in [4.78, 5) is 37.7. The van der Waals surface area contributed by atoms with Crippen LogP contribution in [0.2, 0.25) is 0 Å². The van der Waals surface area contributed by atoms with Crippen molar-refractivity contribution in [2.75, 3.05) is 13.2 Å². The fourth-order valence-corrected chi connectivity index (χ4v) is 6.08. The molecule has 0 aliphatic carbocycles.